The molecular weight excluding hydrogens is 502 g/mol. The monoisotopic (exact) mass is 529 g/mol. The topological polar surface area (TPSA) is 88.9 Å². The number of amides is 2. The van der Waals surface area contributed by atoms with Gasteiger partial charge in [-0.25, -0.2) is 0 Å². The molecule has 2 amide bonds. The zero-order valence-electron chi connectivity index (χ0n) is 20.3. The number of benzene rings is 2. The SMILES string of the molecule is C=CCn1c(SCC(=O)Nc2ccccc2)nnc1-c1ccc(NC(=O)c2csc3c2CCCC3)cc1. The number of para-hydroxylation sites is 1. The Morgan fingerprint density at radius 1 is 1.00 bits per heavy atom. The number of nitrogens with zero attached hydrogens (tertiary/aromatic N) is 3. The molecule has 7 nitrogen and oxygen atoms in total. The second-order valence-electron chi connectivity index (χ2n) is 8.70. The van der Waals surface area contributed by atoms with E-state index in [0.29, 0.717) is 17.5 Å². The summed E-state index contributed by atoms with van der Waals surface area (Å²) in [7, 11) is 0. The van der Waals surface area contributed by atoms with Gasteiger partial charge in [-0.1, -0.05) is 36.0 Å². The lowest BCUT2D eigenvalue weighted by atomic mass is 9.95. The summed E-state index contributed by atoms with van der Waals surface area (Å²) in [6, 6.07) is 16.9. The van der Waals surface area contributed by atoms with Crippen molar-refractivity contribution in [2.75, 3.05) is 16.4 Å². The van der Waals surface area contributed by atoms with Crippen molar-refractivity contribution in [3.05, 3.63) is 88.6 Å². The smallest absolute Gasteiger partial charge is 0.256 e. The lowest BCUT2D eigenvalue weighted by Crippen LogP contribution is -2.14. The zero-order valence-corrected chi connectivity index (χ0v) is 21.9. The van der Waals surface area contributed by atoms with E-state index in [4.69, 9.17) is 0 Å². The summed E-state index contributed by atoms with van der Waals surface area (Å²) in [5.41, 5.74) is 4.36. The Morgan fingerprint density at radius 2 is 1.76 bits per heavy atom. The predicted octanol–water partition coefficient (Wildman–Crippen LogP) is 6.05. The van der Waals surface area contributed by atoms with Gasteiger partial charge >= 0.3 is 0 Å². The number of thioether (sulfide) groups is 1. The van der Waals surface area contributed by atoms with E-state index in [0.717, 1.165) is 41.8 Å². The van der Waals surface area contributed by atoms with Crippen LogP contribution in [0.15, 0.2) is 77.8 Å². The third kappa shape index (κ3) is 5.84. The van der Waals surface area contributed by atoms with Crippen molar-refractivity contribution in [3.8, 4) is 11.4 Å². The van der Waals surface area contributed by atoms with Crippen LogP contribution in [-0.2, 0) is 24.2 Å². The number of carbonyl (C=O) groups excluding carboxylic acids is 2. The quantitative estimate of drug-likeness (QED) is 0.203. The first kappa shape index (κ1) is 25.0. The van der Waals surface area contributed by atoms with Crippen molar-refractivity contribution < 1.29 is 9.59 Å². The standard InChI is InChI=1S/C28H27N5O2S2/c1-2-16-33-26(31-32-28(33)37-18-25(34)29-20-8-4-3-5-9-20)19-12-14-21(15-13-19)30-27(35)23-17-36-24-11-7-6-10-22(23)24/h2-5,8-9,12-15,17H,1,6-7,10-11,16,18H2,(H,29,34)(H,30,35). The number of thiophene rings is 1. The van der Waals surface area contributed by atoms with Crippen LogP contribution in [0, 0.1) is 0 Å². The summed E-state index contributed by atoms with van der Waals surface area (Å²) in [6.45, 7) is 4.36. The predicted molar refractivity (Wildman–Crippen MR) is 150 cm³/mol. The largest absolute Gasteiger partial charge is 0.325 e. The van der Waals surface area contributed by atoms with Crippen molar-refractivity contribution in [2.45, 2.75) is 37.4 Å². The third-order valence-electron chi connectivity index (χ3n) is 6.13. The van der Waals surface area contributed by atoms with E-state index in [1.807, 2.05) is 64.5 Å². The Morgan fingerprint density at radius 3 is 2.54 bits per heavy atom. The van der Waals surface area contributed by atoms with Crippen LogP contribution in [0.1, 0.15) is 33.6 Å². The first-order valence-electron chi connectivity index (χ1n) is 12.1. The van der Waals surface area contributed by atoms with Gasteiger partial charge in [-0.3, -0.25) is 14.2 Å². The van der Waals surface area contributed by atoms with Gasteiger partial charge in [0.25, 0.3) is 5.91 Å². The Hall–Kier alpha value is -3.69. The van der Waals surface area contributed by atoms with E-state index in [-0.39, 0.29) is 17.6 Å². The van der Waals surface area contributed by atoms with Gasteiger partial charge in [-0.05, 0) is 67.6 Å². The number of fused-ring (bicyclic) bond motifs is 1. The van der Waals surface area contributed by atoms with Crippen LogP contribution in [0.5, 0.6) is 0 Å². The van der Waals surface area contributed by atoms with Crippen molar-refractivity contribution >= 4 is 46.3 Å². The molecule has 4 aromatic rings. The van der Waals surface area contributed by atoms with Crippen LogP contribution >= 0.6 is 23.1 Å². The number of allylic oxidation sites excluding steroid dienone is 1. The van der Waals surface area contributed by atoms with E-state index in [9.17, 15) is 9.59 Å². The van der Waals surface area contributed by atoms with E-state index in [1.165, 1.54) is 28.6 Å². The number of carbonyl (C=O) groups is 2. The van der Waals surface area contributed by atoms with E-state index in [1.54, 1.807) is 17.4 Å². The molecule has 9 heteroatoms. The molecule has 0 fully saturated rings. The molecule has 0 bridgehead atoms. The normalized spacial score (nSPS) is 12.5. The molecule has 0 saturated heterocycles. The number of rotatable bonds is 9. The van der Waals surface area contributed by atoms with Crippen LogP contribution in [0.3, 0.4) is 0 Å². The van der Waals surface area contributed by atoms with Crippen LogP contribution in [-0.4, -0.2) is 32.3 Å². The minimum Gasteiger partial charge on any atom is -0.325 e. The van der Waals surface area contributed by atoms with E-state index < -0.39 is 0 Å². The molecule has 1 aliphatic rings. The molecule has 1 aliphatic carbocycles. The van der Waals surface area contributed by atoms with Crippen LogP contribution in [0.4, 0.5) is 11.4 Å². The first-order chi connectivity index (χ1) is 18.1. The van der Waals surface area contributed by atoms with Gasteiger partial charge < -0.3 is 10.6 Å². The van der Waals surface area contributed by atoms with Crippen molar-refractivity contribution in [3.63, 3.8) is 0 Å². The fourth-order valence-electron chi connectivity index (χ4n) is 4.34. The highest BCUT2D eigenvalue weighted by Crippen LogP contribution is 2.31. The molecule has 0 saturated carbocycles. The minimum atomic E-state index is -0.113. The molecule has 0 spiro atoms. The first-order valence-corrected chi connectivity index (χ1v) is 14.0. The molecule has 0 radical (unpaired) electrons. The molecule has 2 aromatic heterocycles. The molecule has 0 aliphatic heterocycles. The van der Waals surface area contributed by atoms with Crippen molar-refractivity contribution in [2.24, 2.45) is 0 Å². The van der Waals surface area contributed by atoms with Gasteiger partial charge in [0, 0.05) is 33.7 Å². The highest BCUT2D eigenvalue weighted by molar-refractivity contribution is 7.99. The number of aromatic nitrogens is 3. The maximum absolute atomic E-state index is 12.9. The Labute approximate surface area is 224 Å². The molecule has 2 heterocycles. The molecule has 5 rings (SSSR count). The summed E-state index contributed by atoms with van der Waals surface area (Å²) in [5.74, 6) is 0.713. The molecule has 0 unspecified atom stereocenters. The van der Waals surface area contributed by atoms with Gasteiger partial charge in [0.15, 0.2) is 11.0 Å². The number of nitrogens with one attached hydrogen (secondary N) is 2. The molecule has 37 heavy (non-hydrogen) atoms. The number of hydrogen-bond acceptors (Lipinski definition) is 6. The lowest BCUT2D eigenvalue weighted by molar-refractivity contribution is -0.113. The van der Waals surface area contributed by atoms with E-state index in [2.05, 4.69) is 27.4 Å². The highest BCUT2D eigenvalue weighted by atomic mass is 32.2. The number of hydrogen-bond donors (Lipinski definition) is 2. The van der Waals surface area contributed by atoms with Crippen molar-refractivity contribution in [1.29, 1.82) is 0 Å². The molecule has 2 aromatic carbocycles. The summed E-state index contributed by atoms with van der Waals surface area (Å²) < 4.78 is 1.93. The van der Waals surface area contributed by atoms with E-state index >= 15 is 0 Å². The molecule has 0 atom stereocenters. The maximum atomic E-state index is 12.9. The summed E-state index contributed by atoms with van der Waals surface area (Å²) in [4.78, 5) is 26.6. The van der Waals surface area contributed by atoms with Crippen molar-refractivity contribution in [1.82, 2.24) is 14.8 Å². The highest BCUT2D eigenvalue weighted by Gasteiger charge is 2.20. The number of anilines is 2. The Kier molecular flexibility index (Phi) is 7.82. The van der Waals surface area contributed by atoms with Crippen LogP contribution < -0.4 is 10.6 Å². The average molecular weight is 530 g/mol. The molecule has 188 valence electrons. The summed E-state index contributed by atoms with van der Waals surface area (Å²) in [5, 5.41) is 17.2. The second-order valence-corrected chi connectivity index (χ2v) is 10.6. The molecular formula is C28H27N5O2S2. The van der Waals surface area contributed by atoms with Crippen LogP contribution in [0.25, 0.3) is 11.4 Å². The maximum Gasteiger partial charge on any atom is 0.256 e. The van der Waals surface area contributed by atoms with Gasteiger partial charge in [-0.15, -0.1) is 28.1 Å². The summed E-state index contributed by atoms with van der Waals surface area (Å²) in [6.07, 6.45) is 6.17. The molecule has 2 N–H and O–H groups in total. The number of aryl methyl sites for hydroxylation is 1. The second kappa shape index (κ2) is 11.6. The zero-order chi connectivity index (χ0) is 25.6. The lowest BCUT2D eigenvalue weighted by Gasteiger charge is -2.13. The Balaban J connectivity index is 1.26. The summed E-state index contributed by atoms with van der Waals surface area (Å²) >= 11 is 3.02. The van der Waals surface area contributed by atoms with Gasteiger partial charge in [0.2, 0.25) is 5.91 Å². The minimum absolute atomic E-state index is 0.0607. The van der Waals surface area contributed by atoms with Gasteiger partial charge in [-0.2, -0.15) is 0 Å². The third-order valence-corrected chi connectivity index (χ3v) is 8.18. The van der Waals surface area contributed by atoms with Crippen LogP contribution in [0.2, 0.25) is 0 Å². The van der Waals surface area contributed by atoms with Gasteiger partial charge in [0.05, 0.1) is 11.3 Å². The fraction of sp³-hybridized carbons (Fsp3) is 0.214. The van der Waals surface area contributed by atoms with Gasteiger partial charge in [0.1, 0.15) is 0 Å². The fourth-order valence-corrected chi connectivity index (χ4v) is 6.21. The average Bonchev–Trinajstić information content (AvgIpc) is 3.53. The Bertz CT molecular complexity index is 1410.